The molecule has 2 aromatic rings. The fraction of sp³-hybridized carbons (Fsp3) is 0.350. The molecule has 1 unspecified atom stereocenters. The number of amides is 1. The summed E-state index contributed by atoms with van der Waals surface area (Å²) in [6.45, 7) is -1.73. The zero-order valence-electron chi connectivity index (χ0n) is 15.9. The summed E-state index contributed by atoms with van der Waals surface area (Å²) in [5.74, 6) is -2.12. The average molecular weight is 433 g/mol. The van der Waals surface area contributed by atoms with E-state index in [9.17, 15) is 31.9 Å². The van der Waals surface area contributed by atoms with Crippen LogP contribution < -0.4 is 14.8 Å². The molecular weight excluding hydrogens is 413 g/mol. The van der Waals surface area contributed by atoms with E-state index < -0.39 is 36.4 Å². The van der Waals surface area contributed by atoms with E-state index in [1.165, 1.54) is 25.3 Å². The maximum Gasteiger partial charge on any atom is 0.422 e. The number of benzene rings is 2. The minimum atomic E-state index is -4.48. The molecule has 164 valence electrons. The van der Waals surface area contributed by atoms with E-state index in [1.54, 1.807) is 0 Å². The molecule has 0 spiro atoms. The van der Waals surface area contributed by atoms with Crippen LogP contribution in [-0.2, 0) is 11.2 Å². The minimum absolute atomic E-state index is 0.00449. The molecule has 1 atom stereocenters. The lowest BCUT2D eigenvalue weighted by Gasteiger charge is -2.14. The van der Waals surface area contributed by atoms with Gasteiger partial charge in [0.15, 0.2) is 18.1 Å². The number of hydrogen-bond acceptors (Lipinski definition) is 4. The van der Waals surface area contributed by atoms with Crippen LogP contribution >= 0.6 is 0 Å². The number of rotatable bonds is 9. The molecule has 2 aromatic carbocycles. The number of alkyl halides is 3. The Hall–Kier alpha value is -2.88. The van der Waals surface area contributed by atoms with Gasteiger partial charge in [0.1, 0.15) is 11.6 Å². The lowest BCUT2D eigenvalue weighted by Crippen LogP contribution is -2.28. The van der Waals surface area contributed by atoms with E-state index in [-0.39, 0.29) is 36.4 Å². The van der Waals surface area contributed by atoms with Crippen LogP contribution in [0, 0.1) is 11.6 Å². The van der Waals surface area contributed by atoms with Crippen LogP contribution in [0.4, 0.5) is 22.0 Å². The molecule has 0 fully saturated rings. The lowest BCUT2D eigenvalue weighted by atomic mass is 10.1. The summed E-state index contributed by atoms with van der Waals surface area (Å²) in [6, 6.07) is 7.01. The van der Waals surface area contributed by atoms with Crippen LogP contribution in [0.25, 0.3) is 0 Å². The second kappa shape index (κ2) is 10.2. The topological polar surface area (TPSA) is 67.8 Å². The van der Waals surface area contributed by atoms with Crippen molar-refractivity contribution in [3.8, 4) is 11.5 Å². The molecule has 30 heavy (non-hydrogen) atoms. The van der Waals surface area contributed by atoms with Gasteiger partial charge in [-0.15, -0.1) is 0 Å². The monoisotopic (exact) mass is 433 g/mol. The highest BCUT2D eigenvalue weighted by Crippen LogP contribution is 2.30. The van der Waals surface area contributed by atoms with Crippen molar-refractivity contribution in [2.75, 3.05) is 20.3 Å². The number of hydrogen-bond donors (Lipinski definition) is 2. The fourth-order valence-electron chi connectivity index (χ4n) is 2.58. The fourth-order valence-corrected chi connectivity index (χ4v) is 2.58. The van der Waals surface area contributed by atoms with Crippen molar-refractivity contribution in [3.05, 3.63) is 59.2 Å². The first-order valence-electron chi connectivity index (χ1n) is 8.85. The number of aliphatic hydroxyl groups is 1. The first-order valence-corrected chi connectivity index (χ1v) is 8.85. The van der Waals surface area contributed by atoms with Crippen molar-refractivity contribution < 1.29 is 41.3 Å². The third kappa shape index (κ3) is 7.18. The Kier molecular flexibility index (Phi) is 7.99. The molecule has 0 aromatic heterocycles. The van der Waals surface area contributed by atoms with Gasteiger partial charge in [0.25, 0.3) is 0 Å². The van der Waals surface area contributed by atoms with Gasteiger partial charge in [-0.1, -0.05) is 12.1 Å². The molecule has 0 aliphatic rings. The molecule has 1 amide bonds. The Morgan fingerprint density at radius 2 is 1.87 bits per heavy atom. The number of halogens is 5. The second-order valence-electron chi connectivity index (χ2n) is 6.37. The van der Waals surface area contributed by atoms with Crippen LogP contribution in [-0.4, -0.2) is 37.5 Å². The number of aryl methyl sites for hydroxylation is 1. The van der Waals surface area contributed by atoms with Crippen LogP contribution in [0.1, 0.15) is 23.7 Å². The van der Waals surface area contributed by atoms with E-state index in [2.05, 4.69) is 10.1 Å². The molecule has 0 heterocycles. The molecule has 5 nitrogen and oxygen atoms in total. The molecule has 0 radical (unpaired) electrons. The normalized spacial score (nSPS) is 12.4. The van der Waals surface area contributed by atoms with Crippen molar-refractivity contribution >= 4 is 5.91 Å². The van der Waals surface area contributed by atoms with Gasteiger partial charge in [0, 0.05) is 24.6 Å². The Labute approximate surface area is 169 Å². The third-order valence-electron chi connectivity index (χ3n) is 4.07. The average Bonchev–Trinajstić information content (AvgIpc) is 2.68. The quantitative estimate of drug-likeness (QED) is 0.592. The lowest BCUT2D eigenvalue weighted by molar-refractivity contribution is -0.153. The number of carbonyl (C=O) groups excluding carboxylic acids is 1. The van der Waals surface area contributed by atoms with Crippen molar-refractivity contribution in [1.82, 2.24) is 5.32 Å². The summed E-state index contributed by atoms with van der Waals surface area (Å²) in [4.78, 5) is 12.0. The molecule has 0 aliphatic carbocycles. The molecule has 0 aliphatic heterocycles. The number of nitrogens with one attached hydrogen (secondary N) is 1. The van der Waals surface area contributed by atoms with Gasteiger partial charge in [0.2, 0.25) is 5.91 Å². The van der Waals surface area contributed by atoms with Crippen molar-refractivity contribution in [1.29, 1.82) is 0 Å². The highest BCUT2D eigenvalue weighted by atomic mass is 19.4. The van der Waals surface area contributed by atoms with Gasteiger partial charge < -0.3 is 19.9 Å². The van der Waals surface area contributed by atoms with Crippen LogP contribution in [0.5, 0.6) is 11.5 Å². The number of aliphatic hydroxyl groups excluding tert-OH is 1. The van der Waals surface area contributed by atoms with E-state index in [1.807, 2.05) is 0 Å². The Morgan fingerprint density at radius 1 is 1.13 bits per heavy atom. The molecule has 2 N–H and O–H groups in total. The highest BCUT2D eigenvalue weighted by Gasteiger charge is 2.29. The second-order valence-corrected chi connectivity index (χ2v) is 6.37. The van der Waals surface area contributed by atoms with Gasteiger partial charge in [-0.3, -0.25) is 4.79 Å². The zero-order valence-corrected chi connectivity index (χ0v) is 15.9. The van der Waals surface area contributed by atoms with Gasteiger partial charge in [-0.2, -0.15) is 13.2 Å². The van der Waals surface area contributed by atoms with Crippen molar-refractivity contribution in [3.63, 3.8) is 0 Å². The first-order chi connectivity index (χ1) is 14.1. The maximum absolute atomic E-state index is 13.6. The van der Waals surface area contributed by atoms with E-state index in [0.717, 1.165) is 12.1 Å². The van der Waals surface area contributed by atoms with Crippen molar-refractivity contribution in [2.24, 2.45) is 0 Å². The summed E-state index contributed by atoms with van der Waals surface area (Å²) in [5, 5.41) is 12.4. The molecule has 2 rings (SSSR count). The van der Waals surface area contributed by atoms with E-state index >= 15 is 0 Å². The summed E-state index contributed by atoms with van der Waals surface area (Å²) in [6.07, 6.45) is -5.59. The summed E-state index contributed by atoms with van der Waals surface area (Å²) in [5.41, 5.74) is 0.474. The van der Waals surface area contributed by atoms with Crippen LogP contribution in [0.15, 0.2) is 36.4 Å². The standard InChI is InChI=1S/C20H20F5NO4/c1-29-18-8-12(2-6-17(18)30-11-20(23,24)25)3-7-19(28)26-10-16(27)14-5-4-13(21)9-15(14)22/h2,4-6,8-9,16,27H,3,7,10-11H2,1H3,(H,26,28). The minimum Gasteiger partial charge on any atom is -0.493 e. The predicted molar refractivity (Wildman–Crippen MR) is 97.2 cm³/mol. The summed E-state index contributed by atoms with van der Waals surface area (Å²) >= 11 is 0. The summed E-state index contributed by atoms with van der Waals surface area (Å²) < 4.78 is 73.1. The summed E-state index contributed by atoms with van der Waals surface area (Å²) in [7, 11) is 1.28. The zero-order chi connectivity index (χ0) is 22.3. The smallest absolute Gasteiger partial charge is 0.422 e. The van der Waals surface area contributed by atoms with Crippen LogP contribution in [0.2, 0.25) is 0 Å². The number of ether oxygens (including phenoxy) is 2. The molecule has 0 bridgehead atoms. The Bertz CT molecular complexity index is 873. The number of methoxy groups -OCH3 is 1. The van der Waals surface area contributed by atoms with Gasteiger partial charge in [-0.25, -0.2) is 8.78 Å². The Morgan fingerprint density at radius 3 is 2.50 bits per heavy atom. The number of carbonyl (C=O) groups is 1. The third-order valence-corrected chi connectivity index (χ3v) is 4.07. The maximum atomic E-state index is 13.6. The Balaban J connectivity index is 1.86. The van der Waals surface area contributed by atoms with E-state index in [4.69, 9.17) is 4.74 Å². The molecule has 0 saturated carbocycles. The van der Waals surface area contributed by atoms with Gasteiger partial charge >= 0.3 is 6.18 Å². The van der Waals surface area contributed by atoms with Gasteiger partial charge in [-0.05, 0) is 30.2 Å². The molecule has 10 heteroatoms. The molecular formula is C20H20F5NO4. The molecule has 0 saturated heterocycles. The SMILES string of the molecule is COc1cc(CCC(=O)NCC(O)c2ccc(F)cc2F)ccc1OCC(F)(F)F. The van der Waals surface area contributed by atoms with Gasteiger partial charge in [0.05, 0.1) is 13.2 Å². The highest BCUT2D eigenvalue weighted by molar-refractivity contribution is 5.76. The largest absolute Gasteiger partial charge is 0.493 e. The first kappa shape index (κ1) is 23.4. The van der Waals surface area contributed by atoms with Crippen molar-refractivity contribution in [2.45, 2.75) is 25.1 Å². The van der Waals surface area contributed by atoms with E-state index in [0.29, 0.717) is 11.6 Å². The predicted octanol–water partition coefficient (Wildman–Crippen LogP) is 3.70. The van der Waals surface area contributed by atoms with Crippen LogP contribution in [0.3, 0.4) is 0 Å².